The van der Waals surface area contributed by atoms with Crippen molar-refractivity contribution in [1.82, 2.24) is 5.43 Å². The van der Waals surface area contributed by atoms with Crippen molar-refractivity contribution in [1.29, 1.82) is 0 Å². The van der Waals surface area contributed by atoms with E-state index in [1.165, 1.54) is 6.21 Å². The number of halogens is 1. The third-order valence-corrected chi connectivity index (χ3v) is 3.41. The van der Waals surface area contributed by atoms with Gasteiger partial charge in [-0.3, -0.25) is 4.79 Å². The van der Waals surface area contributed by atoms with Gasteiger partial charge in [-0.2, -0.15) is 5.10 Å². The first kappa shape index (κ1) is 16.0. The van der Waals surface area contributed by atoms with Crippen LogP contribution in [0, 0.1) is 0 Å². The van der Waals surface area contributed by atoms with Crippen LogP contribution in [-0.4, -0.2) is 26.3 Å². The lowest BCUT2D eigenvalue weighted by Crippen LogP contribution is -2.17. The summed E-state index contributed by atoms with van der Waals surface area (Å²) in [6.07, 6.45) is 1.53. The highest BCUT2D eigenvalue weighted by Gasteiger charge is 2.05. The maximum absolute atomic E-state index is 11.9. The molecule has 0 saturated carbocycles. The summed E-state index contributed by atoms with van der Waals surface area (Å²) in [6, 6.07) is 12.3. The van der Waals surface area contributed by atoms with Crippen molar-refractivity contribution in [3.63, 3.8) is 0 Å². The smallest absolute Gasteiger partial charge is 0.271 e. The number of methoxy groups -OCH3 is 2. The van der Waals surface area contributed by atoms with Crippen LogP contribution in [0.4, 0.5) is 0 Å². The zero-order valence-corrected chi connectivity index (χ0v) is 13.8. The molecular weight excluding hydrogens is 348 g/mol. The van der Waals surface area contributed by atoms with Gasteiger partial charge in [0, 0.05) is 15.6 Å². The van der Waals surface area contributed by atoms with E-state index in [1.807, 2.05) is 18.2 Å². The molecule has 0 atom stereocenters. The Morgan fingerprint density at radius 1 is 1.14 bits per heavy atom. The Bertz CT molecular complexity index is 684. The monoisotopic (exact) mass is 362 g/mol. The molecule has 1 N–H and O–H groups in total. The van der Waals surface area contributed by atoms with Gasteiger partial charge in [-0.1, -0.05) is 15.9 Å². The highest BCUT2D eigenvalue weighted by atomic mass is 79.9. The summed E-state index contributed by atoms with van der Waals surface area (Å²) in [5.74, 6) is 1.07. The highest BCUT2D eigenvalue weighted by Crippen LogP contribution is 2.21. The first-order valence-corrected chi connectivity index (χ1v) is 7.24. The number of hydrogen-bond acceptors (Lipinski definition) is 4. The van der Waals surface area contributed by atoms with Crippen molar-refractivity contribution in [2.75, 3.05) is 14.2 Å². The van der Waals surface area contributed by atoms with Crippen LogP contribution in [0.1, 0.15) is 15.9 Å². The van der Waals surface area contributed by atoms with Gasteiger partial charge in [0.15, 0.2) is 0 Å². The quantitative estimate of drug-likeness (QED) is 0.656. The van der Waals surface area contributed by atoms with Crippen LogP contribution < -0.4 is 14.9 Å². The third-order valence-electron chi connectivity index (χ3n) is 2.91. The fourth-order valence-electron chi connectivity index (χ4n) is 1.77. The molecular formula is C16H15BrN2O3. The molecule has 2 aromatic rings. The number of hydrogen-bond donors (Lipinski definition) is 1. The van der Waals surface area contributed by atoms with E-state index < -0.39 is 0 Å². The number of nitrogens with zero attached hydrogens (tertiary/aromatic N) is 1. The standard InChI is InChI=1S/C16H15BrN2O3/c1-21-14-6-3-11(4-7-14)16(20)19-18-10-12-9-13(17)5-8-15(12)22-2/h3-10H,1-2H3,(H,19,20)/b18-10-. The van der Waals surface area contributed by atoms with E-state index in [-0.39, 0.29) is 5.91 Å². The lowest BCUT2D eigenvalue weighted by atomic mass is 10.2. The zero-order chi connectivity index (χ0) is 15.9. The summed E-state index contributed by atoms with van der Waals surface area (Å²) in [5, 5.41) is 3.95. The van der Waals surface area contributed by atoms with Crippen molar-refractivity contribution in [3.8, 4) is 11.5 Å². The van der Waals surface area contributed by atoms with Gasteiger partial charge >= 0.3 is 0 Å². The molecule has 0 radical (unpaired) electrons. The number of amides is 1. The Morgan fingerprint density at radius 2 is 1.86 bits per heavy atom. The predicted octanol–water partition coefficient (Wildman–Crippen LogP) is 3.23. The molecule has 0 spiro atoms. The second-order valence-corrected chi connectivity index (χ2v) is 5.23. The van der Waals surface area contributed by atoms with Crippen molar-refractivity contribution >= 4 is 28.1 Å². The lowest BCUT2D eigenvalue weighted by molar-refractivity contribution is 0.0955. The normalized spacial score (nSPS) is 10.5. The van der Waals surface area contributed by atoms with Gasteiger partial charge < -0.3 is 9.47 Å². The molecule has 6 heteroatoms. The van der Waals surface area contributed by atoms with Gasteiger partial charge in [-0.05, 0) is 42.5 Å². The molecule has 1 amide bonds. The Labute approximate surface area is 137 Å². The van der Waals surface area contributed by atoms with Gasteiger partial charge in [-0.15, -0.1) is 0 Å². The summed E-state index contributed by atoms with van der Waals surface area (Å²) in [5.41, 5.74) is 3.73. The van der Waals surface area contributed by atoms with Crippen LogP contribution in [0.2, 0.25) is 0 Å². The van der Waals surface area contributed by atoms with E-state index in [4.69, 9.17) is 9.47 Å². The van der Waals surface area contributed by atoms with E-state index in [9.17, 15) is 4.79 Å². The molecule has 0 fully saturated rings. The van der Waals surface area contributed by atoms with Gasteiger partial charge in [0.2, 0.25) is 0 Å². The minimum absolute atomic E-state index is 0.298. The zero-order valence-electron chi connectivity index (χ0n) is 12.2. The van der Waals surface area contributed by atoms with Crippen molar-refractivity contribution < 1.29 is 14.3 Å². The molecule has 0 aliphatic carbocycles. The summed E-state index contributed by atoms with van der Waals surface area (Å²) in [7, 11) is 3.15. The average molecular weight is 363 g/mol. The Kier molecular flexibility index (Phi) is 5.55. The molecule has 0 saturated heterocycles. The summed E-state index contributed by atoms with van der Waals surface area (Å²) >= 11 is 3.38. The summed E-state index contributed by atoms with van der Waals surface area (Å²) < 4.78 is 11.2. The third kappa shape index (κ3) is 4.08. The molecule has 0 heterocycles. The minimum Gasteiger partial charge on any atom is -0.497 e. The first-order valence-electron chi connectivity index (χ1n) is 6.45. The number of hydrazone groups is 1. The summed E-state index contributed by atoms with van der Waals surface area (Å²) in [6.45, 7) is 0. The van der Waals surface area contributed by atoms with E-state index in [2.05, 4.69) is 26.5 Å². The van der Waals surface area contributed by atoms with Crippen molar-refractivity contribution in [2.45, 2.75) is 0 Å². The van der Waals surface area contributed by atoms with Gasteiger partial charge in [0.05, 0.1) is 20.4 Å². The number of benzene rings is 2. The van der Waals surface area contributed by atoms with Crippen LogP contribution >= 0.6 is 15.9 Å². The van der Waals surface area contributed by atoms with Gasteiger partial charge in [0.25, 0.3) is 5.91 Å². The Balaban J connectivity index is 2.05. The molecule has 2 aromatic carbocycles. The molecule has 22 heavy (non-hydrogen) atoms. The Hall–Kier alpha value is -2.34. The second-order valence-electron chi connectivity index (χ2n) is 4.31. The fraction of sp³-hybridized carbons (Fsp3) is 0.125. The van der Waals surface area contributed by atoms with Crippen LogP contribution in [0.25, 0.3) is 0 Å². The molecule has 0 aliphatic rings. The molecule has 5 nitrogen and oxygen atoms in total. The van der Waals surface area contributed by atoms with Crippen LogP contribution in [0.3, 0.4) is 0 Å². The maximum Gasteiger partial charge on any atom is 0.271 e. The molecule has 0 bridgehead atoms. The molecule has 0 unspecified atom stereocenters. The second kappa shape index (κ2) is 7.61. The van der Waals surface area contributed by atoms with Crippen LogP contribution in [0.15, 0.2) is 52.0 Å². The molecule has 2 rings (SSSR count). The molecule has 0 aliphatic heterocycles. The van der Waals surface area contributed by atoms with Crippen molar-refractivity contribution in [2.24, 2.45) is 5.10 Å². The number of rotatable bonds is 5. The van der Waals surface area contributed by atoms with E-state index in [0.29, 0.717) is 17.1 Å². The topological polar surface area (TPSA) is 59.9 Å². The van der Waals surface area contributed by atoms with Crippen molar-refractivity contribution in [3.05, 3.63) is 58.1 Å². The summed E-state index contributed by atoms with van der Waals surface area (Å²) in [4.78, 5) is 11.9. The van der Waals surface area contributed by atoms with Gasteiger partial charge in [0.1, 0.15) is 11.5 Å². The predicted molar refractivity (Wildman–Crippen MR) is 88.7 cm³/mol. The maximum atomic E-state index is 11.9. The fourth-order valence-corrected chi connectivity index (χ4v) is 2.15. The Morgan fingerprint density at radius 3 is 2.50 bits per heavy atom. The average Bonchev–Trinajstić information content (AvgIpc) is 2.55. The van der Waals surface area contributed by atoms with E-state index in [0.717, 1.165) is 10.0 Å². The number of nitrogens with one attached hydrogen (secondary N) is 1. The lowest BCUT2D eigenvalue weighted by Gasteiger charge is -2.05. The van der Waals surface area contributed by atoms with Gasteiger partial charge in [-0.25, -0.2) is 5.43 Å². The van der Waals surface area contributed by atoms with Crippen LogP contribution in [0.5, 0.6) is 11.5 Å². The highest BCUT2D eigenvalue weighted by molar-refractivity contribution is 9.10. The molecule has 0 aromatic heterocycles. The largest absolute Gasteiger partial charge is 0.497 e. The van der Waals surface area contributed by atoms with Crippen LogP contribution in [-0.2, 0) is 0 Å². The van der Waals surface area contributed by atoms with E-state index in [1.54, 1.807) is 38.5 Å². The SMILES string of the molecule is COc1ccc(C(=O)N/N=C\c2cc(Br)ccc2OC)cc1. The number of carbonyl (C=O) groups is 1. The number of carbonyl (C=O) groups excluding carboxylic acids is 1. The molecule has 114 valence electrons. The number of ether oxygens (including phenoxy) is 2. The first-order chi connectivity index (χ1) is 10.6. The van der Waals surface area contributed by atoms with E-state index >= 15 is 0 Å². The minimum atomic E-state index is -0.298.